The van der Waals surface area contributed by atoms with Crippen LogP contribution in [0.15, 0.2) is 52.1 Å². The number of alkyl halides is 3. The van der Waals surface area contributed by atoms with Gasteiger partial charge in [0.15, 0.2) is 0 Å². The topological polar surface area (TPSA) is 68.0 Å². The van der Waals surface area contributed by atoms with Crippen LogP contribution >= 0.6 is 23.4 Å². The van der Waals surface area contributed by atoms with Gasteiger partial charge in [0.2, 0.25) is 11.8 Å². The van der Waals surface area contributed by atoms with E-state index in [1.165, 1.54) is 6.07 Å². The van der Waals surface area contributed by atoms with Crippen molar-refractivity contribution in [3.8, 4) is 11.5 Å². The van der Waals surface area contributed by atoms with Gasteiger partial charge in [-0.2, -0.15) is 13.2 Å². The van der Waals surface area contributed by atoms with Gasteiger partial charge in [-0.15, -0.1) is 10.2 Å². The summed E-state index contributed by atoms with van der Waals surface area (Å²) in [6.07, 6.45) is -4.61. The lowest BCUT2D eigenvalue weighted by molar-refractivity contribution is -0.137. The highest BCUT2D eigenvalue weighted by Gasteiger charge is 2.33. The lowest BCUT2D eigenvalue weighted by Crippen LogP contribution is -2.15. The van der Waals surface area contributed by atoms with Crippen LogP contribution in [0.1, 0.15) is 11.1 Å². The van der Waals surface area contributed by atoms with Crippen LogP contribution < -0.4 is 5.32 Å². The number of hydrogen-bond acceptors (Lipinski definition) is 5. The zero-order chi connectivity index (χ0) is 20.3. The Morgan fingerprint density at radius 1 is 1.18 bits per heavy atom. The number of nitrogens with zero attached hydrogens (tertiary/aromatic N) is 2. The Kier molecular flexibility index (Phi) is 5.95. The first kappa shape index (κ1) is 20.2. The van der Waals surface area contributed by atoms with Gasteiger partial charge < -0.3 is 9.73 Å². The molecular formula is C18H13ClF3N3O2S. The standard InChI is InChI=1S/C18H13ClF3N3O2S/c1-10-2-4-11(5-3-10)16-24-25-17(27-16)28-9-15(26)23-12-6-7-14(19)13(8-12)18(20,21)22/h2-8H,9H2,1H3,(H,23,26). The van der Waals surface area contributed by atoms with Gasteiger partial charge in [-0.3, -0.25) is 4.79 Å². The van der Waals surface area contributed by atoms with Gasteiger partial charge in [-0.05, 0) is 37.3 Å². The predicted molar refractivity (Wildman–Crippen MR) is 100 cm³/mol. The van der Waals surface area contributed by atoms with E-state index in [1.807, 2.05) is 31.2 Å². The zero-order valence-corrected chi connectivity index (χ0v) is 16.0. The molecule has 0 aliphatic rings. The first-order valence-electron chi connectivity index (χ1n) is 7.92. The van der Waals surface area contributed by atoms with Gasteiger partial charge in [-0.25, -0.2) is 0 Å². The lowest BCUT2D eigenvalue weighted by atomic mass is 10.1. The number of rotatable bonds is 5. The van der Waals surface area contributed by atoms with E-state index < -0.39 is 22.7 Å². The molecular weight excluding hydrogens is 415 g/mol. The van der Waals surface area contributed by atoms with Gasteiger partial charge in [0.25, 0.3) is 5.22 Å². The molecule has 1 heterocycles. The maximum atomic E-state index is 12.9. The molecule has 146 valence electrons. The number of halogens is 4. The predicted octanol–water partition coefficient (Wildman–Crippen LogP) is 5.45. The summed E-state index contributed by atoms with van der Waals surface area (Å²) in [5, 5.41) is 9.90. The van der Waals surface area contributed by atoms with Gasteiger partial charge in [-0.1, -0.05) is 41.1 Å². The molecule has 0 saturated heterocycles. The summed E-state index contributed by atoms with van der Waals surface area (Å²) in [6, 6.07) is 10.6. The molecule has 0 atom stereocenters. The molecule has 1 amide bonds. The molecule has 0 saturated carbocycles. The zero-order valence-electron chi connectivity index (χ0n) is 14.4. The molecule has 0 aliphatic carbocycles. The molecule has 3 aromatic rings. The van der Waals surface area contributed by atoms with Crippen molar-refractivity contribution in [3.63, 3.8) is 0 Å². The number of carbonyl (C=O) groups excluding carboxylic acids is 1. The molecule has 0 bridgehead atoms. The van der Waals surface area contributed by atoms with Crippen LogP contribution in [0.3, 0.4) is 0 Å². The molecule has 10 heteroatoms. The number of amides is 1. The minimum atomic E-state index is -4.61. The quantitative estimate of drug-likeness (QED) is 0.548. The number of carbonyl (C=O) groups is 1. The molecule has 28 heavy (non-hydrogen) atoms. The average Bonchev–Trinajstić information content (AvgIpc) is 3.10. The van der Waals surface area contributed by atoms with Crippen LogP contribution in [0.5, 0.6) is 0 Å². The molecule has 3 rings (SSSR count). The van der Waals surface area contributed by atoms with E-state index in [-0.39, 0.29) is 16.7 Å². The Hall–Kier alpha value is -2.52. The van der Waals surface area contributed by atoms with Gasteiger partial charge in [0, 0.05) is 11.3 Å². The van der Waals surface area contributed by atoms with Crippen molar-refractivity contribution in [3.05, 3.63) is 58.6 Å². The second-order valence-electron chi connectivity index (χ2n) is 5.77. The van der Waals surface area contributed by atoms with Gasteiger partial charge >= 0.3 is 6.18 Å². The second-order valence-corrected chi connectivity index (χ2v) is 7.10. The summed E-state index contributed by atoms with van der Waals surface area (Å²) in [5.41, 5.74) is 0.813. The fourth-order valence-corrected chi connectivity index (χ4v) is 3.01. The lowest BCUT2D eigenvalue weighted by Gasteiger charge is -2.11. The van der Waals surface area contributed by atoms with Crippen LogP contribution in [0, 0.1) is 6.92 Å². The van der Waals surface area contributed by atoms with Crippen LogP contribution in [-0.4, -0.2) is 21.9 Å². The Labute approximate surface area is 167 Å². The summed E-state index contributed by atoms with van der Waals surface area (Å²) >= 11 is 6.53. The summed E-state index contributed by atoms with van der Waals surface area (Å²) in [5.74, 6) is -0.314. The molecule has 0 radical (unpaired) electrons. The highest BCUT2D eigenvalue weighted by Crippen LogP contribution is 2.36. The number of benzene rings is 2. The minimum Gasteiger partial charge on any atom is -0.411 e. The van der Waals surface area contributed by atoms with Crippen LogP contribution in [0.25, 0.3) is 11.5 Å². The molecule has 0 aliphatic heterocycles. The number of anilines is 1. The second kappa shape index (κ2) is 8.24. The number of nitrogens with one attached hydrogen (secondary N) is 1. The fraction of sp³-hybridized carbons (Fsp3) is 0.167. The molecule has 5 nitrogen and oxygen atoms in total. The first-order valence-corrected chi connectivity index (χ1v) is 9.28. The largest absolute Gasteiger partial charge is 0.417 e. The highest BCUT2D eigenvalue weighted by atomic mass is 35.5. The van der Waals surface area contributed by atoms with Gasteiger partial charge in [0.1, 0.15) is 0 Å². The smallest absolute Gasteiger partial charge is 0.411 e. The van der Waals surface area contributed by atoms with Crippen molar-refractivity contribution < 1.29 is 22.4 Å². The van der Waals surface area contributed by atoms with Crippen molar-refractivity contribution in [2.45, 2.75) is 18.3 Å². The van der Waals surface area contributed by atoms with Crippen molar-refractivity contribution in [2.24, 2.45) is 0 Å². The summed E-state index contributed by atoms with van der Waals surface area (Å²) in [4.78, 5) is 12.0. The van der Waals surface area contributed by atoms with Gasteiger partial charge in [0.05, 0.1) is 16.3 Å². The maximum Gasteiger partial charge on any atom is 0.417 e. The molecule has 0 fully saturated rings. The fourth-order valence-electron chi connectivity index (χ4n) is 2.23. The minimum absolute atomic E-state index is 0.00630. The SMILES string of the molecule is Cc1ccc(-c2nnc(SCC(=O)Nc3ccc(Cl)c(C(F)(F)F)c3)o2)cc1. The van der Waals surface area contributed by atoms with E-state index in [2.05, 4.69) is 15.5 Å². The van der Waals surface area contributed by atoms with Crippen molar-refractivity contribution in [1.29, 1.82) is 0 Å². The Morgan fingerprint density at radius 2 is 1.89 bits per heavy atom. The number of hydrogen-bond donors (Lipinski definition) is 1. The number of aromatic nitrogens is 2. The van der Waals surface area contributed by atoms with Crippen LogP contribution in [0.4, 0.5) is 18.9 Å². The third kappa shape index (κ3) is 5.05. The van der Waals surface area contributed by atoms with Crippen LogP contribution in [-0.2, 0) is 11.0 Å². The van der Waals surface area contributed by atoms with Crippen molar-refractivity contribution >= 4 is 35.0 Å². The average molecular weight is 428 g/mol. The van der Waals surface area contributed by atoms with Crippen molar-refractivity contribution in [1.82, 2.24) is 10.2 Å². The third-order valence-corrected chi connectivity index (χ3v) is 4.74. The Bertz CT molecular complexity index is 990. The molecule has 0 unspecified atom stereocenters. The Morgan fingerprint density at radius 3 is 2.57 bits per heavy atom. The first-order chi connectivity index (χ1) is 13.2. The van der Waals surface area contributed by atoms with E-state index in [4.69, 9.17) is 16.0 Å². The van der Waals surface area contributed by atoms with E-state index >= 15 is 0 Å². The molecule has 1 N–H and O–H groups in total. The van der Waals surface area contributed by atoms with E-state index in [0.717, 1.165) is 35.0 Å². The number of thioether (sulfide) groups is 1. The summed E-state index contributed by atoms with van der Waals surface area (Å²) < 4.78 is 44.1. The van der Waals surface area contributed by atoms with Crippen molar-refractivity contribution in [2.75, 3.05) is 11.1 Å². The van der Waals surface area contributed by atoms with E-state index in [1.54, 1.807) is 0 Å². The van der Waals surface area contributed by atoms with E-state index in [9.17, 15) is 18.0 Å². The molecule has 0 spiro atoms. The maximum absolute atomic E-state index is 12.9. The highest BCUT2D eigenvalue weighted by molar-refractivity contribution is 7.99. The Balaban J connectivity index is 1.60. The third-order valence-electron chi connectivity index (χ3n) is 3.59. The summed E-state index contributed by atoms with van der Waals surface area (Å²) in [7, 11) is 0. The summed E-state index contributed by atoms with van der Waals surface area (Å²) in [6.45, 7) is 1.95. The molecule has 1 aromatic heterocycles. The number of aryl methyl sites for hydroxylation is 1. The van der Waals surface area contributed by atoms with Crippen LogP contribution in [0.2, 0.25) is 5.02 Å². The normalized spacial score (nSPS) is 11.5. The van der Waals surface area contributed by atoms with E-state index in [0.29, 0.717) is 5.89 Å². The molecule has 2 aromatic carbocycles. The monoisotopic (exact) mass is 427 g/mol.